The first-order valence-electron chi connectivity index (χ1n) is 10.2. The summed E-state index contributed by atoms with van der Waals surface area (Å²) in [6, 6.07) is 3.10. The van der Waals surface area contributed by atoms with Gasteiger partial charge < -0.3 is 9.72 Å². The zero-order valence-electron chi connectivity index (χ0n) is 15.9. The van der Waals surface area contributed by atoms with E-state index < -0.39 is 0 Å². The van der Waals surface area contributed by atoms with Gasteiger partial charge in [-0.1, -0.05) is 5.10 Å². The van der Waals surface area contributed by atoms with Gasteiger partial charge in [-0.15, -0.1) is 0 Å². The molecule has 3 N–H and O–H groups in total. The SMILES string of the molecule is CC1=C(c2c[nH]c3ncc(C4CCC(N5CCOCC5)CC4)cc23)C=N[NH2+]1. The molecule has 0 spiro atoms. The average Bonchev–Trinajstić information content (AvgIpc) is 3.34. The number of nitrogens with zero attached hydrogens (tertiary/aromatic N) is 3. The summed E-state index contributed by atoms with van der Waals surface area (Å²) in [5.41, 5.74) is 7.93. The summed E-state index contributed by atoms with van der Waals surface area (Å²) in [5, 5.41) is 5.52. The van der Waals surface area contributed by atoms with Crippen LogP contribution < -0.4 is 5.43 Å². The molecular weight excluding hydrogens is 338 g/mol. The number of hydrogen-bond acceptors (Lipinski definition) is 4. The van der Waals surface area contributed by atoms with Gasteiger partial charge in [0, 0.05) is 49.4 Å². The van der Waals surface area contributed by atoms with E-state index in [1.54, 1.807) is 0 Å². The molecule has 0 atom stereocenters. The fourth-order valence-corrected chi connectivity index (χ4v) is 4.86. The van der Waals surface area contributed by atoms with Crippen LogP contribution in [-0.4, -0.2) is 53.4 Å². The third-order valence-corrected chi connectivity index (χ3v) is 6.47. The van der Waals surface area contributed by atoms with E-state index in [4.69, 9.17) is 9.72 Å². The highest BCUT2D eigenvalue weighted by Crippen LogP contribution is 2.36. The normalized spacial score (nSPS) is 27.0. The fourth-order valence-electron chi connectivity index (χ4n) is 4.86. The first-order chi connectivity index (χ1) is 13.3. The summed E-state index contributed by atoms with van der Waals surface area (Å²) in [4.78, 5) is 10.7. The molecule has 2 fully saturated rings. The van der Waals surface area contributed by atoms with Gasteiger partial charge in [-0.25, -0.2) is 4.98 Å². The Morgan fingerprint density at radius 1 is 1.19 bits per heavy atom. The predicted octanol–water partition coefficient (Wildman–Crippen LogP) is 2.22. The van der Waals surface area contributed by atoms with E-state index in [-0.39, 0.29) is 0 Å². The van der Waals surface area contributed by atoms with Crippen LogP contribution in [0.4, 0.5) is 0 Å². The minimum Gasteiger partial charge on any atom is -0.379 e. The van der Waals surface area contributed by atoms with Crippen molar-refractivity contribution in [2.45, 2.75) is 44.6 Å². The monoisotopic (exact) mass is 366 g/mol. The van der Waals surface area contributed by atoms with Crippen LogP contribution in [0.1, 0.15) is 49.7 Å². The standard InChI is InChI=1S/C21H27N5O/c1-14-19(13-24-25-14)20-12-23-21-18(20)10-16(11-22-21)15-2-4-17(5-3-15)26-6-8-27-9-7-26/h10-13,15,17H,2-9H2,1H3,(H,22,23)(H,24,25)/p+1. The number of ether oxygens (including phenoxy) is 1. The Labute approximate surface area is 159 Å². The first kappa shape index (κ1) is 17.1. The van der Waals surface area contributed by atoms with E-state index in [1.165, 1.54) is 53.5 Å². The van der Waals surface area contributed by atoms with Gasteiger partial charge in [-0.3, -0.25) is 4.90 Å². The number of H-pyrrole nitrogens is 1. The minimum atomic E-state index is 0.626. The van der Waals surface area contributed by atoms with Crippen molar-refractivity contribution < 1.29 is 10.2 Å². The number of morpholine rings is 1. The summed E-state index contributed by atoms with van der Waals surface area (Å²) in [7, 11) is 0. The molecule has 0 radical (unpaired) electrons. The quantitative estimate of drug-likeness (QED) is 0.819. The van der Waals surface area contributed by atoms with Crippen molar-refractivity contribution in [1.29, 1.82) is 0 Å². The van der Waals surface area contributed by atoms with E-state index in [2.05, 4.69) is 40.4 Å². The molecule has 27 heavy (non-hydrogen) atoms. The number of nitrogens with two attached hydrogens (primary N) is 1. The van der Waals surface area contributed by atoms with Gasteiger partial charge in [0.1, 0.15) is 11.3 Å². The van der Waals surface area contributed by atoms with Crippen LogP contribution in [0.2, 0.25) is 0 Å². The Hall–Kier alpha value is -2.02. The van der Waals surface area contributed by atoms with Crippen molar-refractivity contribution in [3.8, 4) is 0 Å². The number of nitrogens with one attached hydrogen (secondary N) is 1. The van der Waals surface area contributed by atoms with Gasteiger partial charge in [-0.2, -0.15) is 5.43 Å². The lowest BCUT2D eigenvalue weighted by Gasteiger charge is -2.38. The Morgan fingerprint density at radius 2 is 2.00 bits per heavy atom. The molecule has 3 aliphatic rings. The highest BCUT2D eigenvalue weighted by molar-refractivity contribution is 6.15. The lowest BCUT2D eigenvalue weighted by molar-refractivity contribution is -0.607. The van der Waals surface area contributed by atoms with Gasteiger partial charge in [0.25, 0.3) is 0 Å². The maximum absolute atomic E-state index is 5.51. The van der Waals surface area contributed by atoms with Crippen molar-refractivity contribution in [3.63, 3.8) is 0 Å². The molecule has 0 amide bonds. The maximum atomic E-state index is 5.51. The zero-order chi connectivity index (χ0) is 18.2. The number of hydrogen-bond donors (Lipinski definition) is 2. The fraction of sp³-hybridized carbons (Fsp3) is 0.524. The van der Waals surface area contributed by atoms with Gasteiger partial charge in [-0.05, 0) is 43.2 Å². The largest absolute Gasteiger partial charge is 0.379 e. The minimum absolute atomic E-state index is 0.626. The molecule has 1 saturated heterocycles. The number of quaternary nitrogens is 1. The molecule has 6 heteroatoms. The third-order valence-electron chi connectivity index (χ3n) is 6.47. The predicted molar refractivity (Wildman–Crippen MR) is 106 cm³/mol. The second-order valence-corrected chi connectivity index (χ2v) is 8.02. The van der Waals surface area contributed by atoms with E-state index in [0.717, 1.165) is 38.0 Å². The molecule has 0 bridgehead atoms. The topological polar surface area (TPSA) is 70.1 Å². The Morgan fingerprint density at radius 3 is 2.74 bits per heavy atom. The molecule has 142 valence electrons. The number of aromatic nitrogens is 2. The number of aromatic amines is 1. The van der Waals surface area contributed by atoms with Gasteiger partial charge >= 0.3 is 0 Å². The molecule has 2 aromatic rings. The van der Waals surface area contributed by atoms with Gasteiger partial charge in [0.15, 0.2) is 0 Å². The maximum Gasteiger partial charge on any atom is 0.138 e. The summed E-state index contributed by atoms with van der Waals surface area (Å²) < 4.78 is 5.51. The third kappa shape index (κ3) is 3.22. The molecule has 4 heterocycles. The molecule has 0 aromatic carbocycles. The highest BCUT2D eigenvalue weighted by Gasteiger charge is 2.28. The molecule has 1 saturated carbocycles. The number of rotatable bonds is 3. The van der Waals surface area contributed by atoms with E-state index in [9.17, 15) is 0 Å². The summed E-state index contributed by atoms with van der Waals surface area (Å²) in [6.45, 7) is 6.11. The first-order valence-corrected chi connectivity index (χ1v) is 10.2. The van der Waals surface area contributed by atoms with Gasteiger partial charge in [0.2, 0.25) is 0 Å². The van der Waals surface area contributed by atoms with Crippen molar-refractivity contribution in [3.05, 3.63) is 35.3 Å². The number of fused-ring (bicyclic) bond motifs is 1. The summed E-state index contributed by atoms with van der Waals surface area (Å²) in [5.74, 6) is 0.626. The molecule has 2 aromatic heterocycles. The second kappa shape index (κ2) is 7.19. The summed E-state index contributed by atoms with van der Waals surface area (Å²) >= 11 is 0. The zero-order valence-corrected chi connectivity index (χ0v) is 15.9. The molecule has 1 aliphatic carbocycles. The van der Waals surface area contributed by atoms with Crippen LogP contribution in [0.5, 0.6) is 0 Å². The average molecular weight is 366 g/mol. The highest BCUT2D eigenvalue weighted by atomic mass is 16.5. The Bertz CT molecular complexity index is 885. The molecule has 2 aliphatic heterocycles. The van der Waals surface area contributed by atoms with E-state index >= 15 is 0 Å². The molecule has 0 unspecified atom stereocenters. The van der Waals surface area contributed by atoms with Crippen molar-refractivity contribution >= 4 is 22.8 Å². The smallest absolute Gasteiger partial charge is 0.138 e. The van der Waals surface area contributed by atoms with Crippen molar-refractivity contribution in [1.82, 2.24) is 14.9 Å². The Kier molecular flexibility index (Phi) is 4.55. The van der Waals surface area contributed by atoms with Crippen LogP contribution in [-0.2, 0) is 4.74 Å². The van der Waals surface area contributed by atoms with Crippen molar-refractivity contribution in [2.24, 2.45) is 5.10 Å². The summed E-state index contributed by atoms with van der Waals surface area (Å²) in [6.07, 6.45) is 11.2. The van der Waals surface area contributed by atoms with Crippen LogP contribution in [0.15, 0.2) is 29.3 Å². The second-order valence-electron chi connectivity index (χ2n) is 8.02. The lowest BCUT2D eigenvalue weighted by atomic mass is 9.81. The number of pyridine rings is 1. The molecule has 5 rings (SSSR count). The van der Waals surface area contributed by atoms with Gasteiger partial charge in [0.05, 0.1) is 25.0 Å². The van der Waals surface area contributed by atoms with Crippen molar-refractivity contribution in [2.75, 3.05) is 26.3 Å². The van der Waals surface area contributed by atoms with Crippen LogP contribution in [0, 0.1) is 0 Å². The van der Waals surface area contributed by atoms with Crippen LogP contribution in [0.25, 0.3) is 16.6 Å². The molecular formula is C21H28N5O+. The molecule has 6 nitrogen and oxygen atoms in total. The Balaban J connectivity index is 1.35. The van der Waals surface area contributed by atoms with E-state index in [0.29, 0.717) is 5.92 Å². The lowest BCUT2D eigenvalue weighted by Crippen LogP contribution is -2.73. The van der Waals surface area contributed by atoms with Crippen LogP contribution in [0.3, 0.4) is 0 Å². The van der Waals surface area contributed by atoms with Crippen LogP contribution >= 0.6 is 0 Å². The van der Waals surface area contributed by atoms with E-state index in [1.807, 2.05) is 11.6 Å². The number of allylic oxidation sites excluding steroid dienone is 2.